The average Bonchev–Trinajstić information content (AvgIpc) is 2.42. The highest BCUT2D eigenvalue weighted by Crippen LogP contribution is 2.20. The number of benzene rings is 1. The number of methoxy groups -OCH3 is 1. The summed E-state index contributed by atoms with van der Waals surface area (Å²) in [6.07, 6.45) is 2.45. The number of rotatable bonds is 9. The molecule has 1 N–H and O–H groups in total. The van der Waals surface area contributed by atoms with Gasteiger partial charge in [-0.1, -0.05) is 26.0 Å². The predicted molar refractivity (Wildman–Crippen MR) is 79.7 cm³/mol. The van der Waals surface area contributed by atoms with Crippen molar-refractivity contribution in [2.24, 2.45) is 5.92 Å². The Morgan fingerprint density at radius 3 is 2.37 bits per heavy atom. The molecule has 0 saturated heterocycles. The van der Waals surface area contributed by atoms with Gasteiger partial charge >= 0.3 is 0 Å². The number of hydrogen-bond donors (Lipinski definition) is 1. The molecule has 0 spiro atoms. The van der Waals surface area contributed by atoms with E-state index in [4.69, 9.17) is 9.47 Å². The van der Waals surface area contributed by atoms with Crippen LogP contribution in [-0.2, 0) is 4.74 Å². The summed E-state index contributed by atoms with van der Waals surface area (Å²) < 4.78 is 11.2. The molecule has 0 aliphatic rings. The Labute approximate surface area is 117 Å². The van der Waals surface area contributed by atoms with Gasteiger partial charge in [-0.3, -0.25) is 0 Å². The van der Waals surface area contributed by atoms with Crippen LogP contribution in [0.15, 0.2) is 24.3 Å². The van der Waals surface area contributed by atoms with Crippen molar-refractivity contribution in [3.05, 3.63) is 29.8 Å². The SMILES string of the molecule is CNCC(OCCCC(C)C)c1ccc(OC)cc1. The standard InChI is InChI=1S/C16H27NO2/c1-13(2)6-5-11-19-16(12-17-3)14-7-9-15(18-4)10-8-14/h7-10,13,16-17H,5-6,11-12H2,1-4H3. The minimum atomic E-state index is 0.114. The van der Waals surface area contributed by atoms with Gasteiger partial charge in [0.1, 0.15) is 5.75 Å². The molecule has 1 unspecified atom stereocenters. The van der Waals surface area contributed by atoms with Gasteiger partial charge in [0.25, 0.3) is 0 Å². The molecule has 0 aliphatic heterocycles. The Hall–Kier alpha value is -1.06. The normalized spacial score (nSPS) is 12.7. The molecule has 3 nitrogen and oxygen atoms in total. The zero-order valence-electron chi connectivity index (χ0n) is 12.6. The lowest BCUT2D eigenvalue weighted by Crippen LogP contribution is -2.20. The molecule has 0 bridgehead atoms. The summed E-state index contributed by atoms with van der Waals surface area (Å²) in [5.74, 6) is 1.62. The van der Waals surface area contributed by atoms with Crippen LogP contribution in [0.1, 0.15) is 38.4 Å². The van der Waals surface area contributed by atoms with Gasteiger partial charge in [0.15, 0.2) is 0 Å². The number of hydrogen-bond acceptors (Lipinski definition) is 3. The molecule has 0 radical (unpaired) electrons. The van der Waals surface area contributed by atoms with Gasteiger partial charge in [0, 0.05) is 13.2 Å². The summed E-state index contributed by atoms with van der Waals surface area (Å²) in [5, 5.41) is 3.19. The van der Waals surface area contributed by atoms with Gasteiger partial charge in [-0.15, -0.1) is 0 Å². The lowest BCUT2D eigenvalue weighted by molar-refractivity contribution is 0.0499. The molecular formula is C16H27NO2. The second-order valence-corrected chi connectivity index (χ2v) is 5.23. The van der Waals surface area contributed by atoms with E-state index in [2.05, 4.69) is 31.3 Å². The van der Waals surface area contributed by atoms with Crippen molar-refractivity contribution in [1.82, 2.24) is 5.32 Å². The van der Waals surface area contributed by atoms with E-state index in [1.165, 1.54) is 12.0 Å². The van der Waals surface area contributed by atoms with Gasteiger partial charge in [-0.2, -0.15) is 0 Å². The summed E-state index contributed by atoms with van der Waals surface area (Å²) in [6.45, 7) is 6.13. The van der Waals surface area contributed by atoms with E-state index in [0.717, 1.165) is 31.2 Å². The van der Waals surface area contributed by atoms with Crippen LogP contribution >= 0.6 is 0 Å². The maximum absolute atomic E-state index is 5.99. The van der Waals surface area contributed by atoms with Crippen molar-refractivity contribution >= 4 is 0 Å². The lowest BCUT2D eigenvalue weighted by atomic mass is 10.1. The molecule has 3 heteroatoms. The number of ether oxygens (including phenoxy) is 2. The van der Waals surface area contributed by atoms with E-state index in [0.29, 0.717) is 0 Å². The van der Waals surface area contributed by atoms with Crippen molar-refractivity contribution < 1.29 is 9.47 Å². The van der Waals surface area contributed by atoms with Crippen LogP contribution in [-0.4, -0.2) is 27.3 Å². The highest BCUT2D eigenvalue weighted by molar-refractivity contribution is 5.28. The van der Waals surface area contributed by atoms with Gasteiger partial charge in [-0.25, -0.2) is 0 Å². The molecular weight excluding hydrogens is 238 g/mol. The molecule has 1 aromatic carbocycles. The second kappa shape index (κ2) is 8.94. The monoisotopic (exact) mass is 265 g/mol. The van der Waals surface area contributed by atoms with Crippen LogP contribution in [0.4, 0.5) is 0 Å². The number of likely N-dealkylation sites (N-methyl/N-ethyl adjacent to an activating group) is 1. The Balaban J connectivity index is 2.50. The first kappa shape index (κ1) is 16.0. The fourth-order valence-electron chi connectivity index (χ4n) is 1.99. The van der Waals surface area contributed by atoms with E-state index in [1.54, 1.807) is 7.11 Å². The third-order valence-corrected chi connectivity index (χ3v) is 3.12. The molecule has 108 valence electrons. The summed E-state index contributed by atoms with van der Waals surface area (Å²) in [4.78, 5) is 0. The first-order chi connectivity index (χ1) is 9.17. The lowest BCUT2D eigenvalue weighted by Gasteiger charge is -2.18. The zero-order chi connectivity index (χ0) is 14.1. The van der Waals surface area contributed by atoms with Crippen LogP contribution in [0, 0.1) is 5.92 Å². The Morgan fingerprint density at radius 2 is 1.84 bits per heavy atom. The van der Waals surface area contributed by atoms with Gasteiger partial charge < -0.3 is 14.8 Å². The van der Waals surface area contributed by atoms with Crippen LogP contribution in [0.3, 0.4) is 0 Å². The molecule has 1 aromatic rings. The molecule has 0 aromatic heterocycles. The molecule has 1 atom stereocenters. The zero-order valence-corrected chi connectivity index (χ0v) is 12.6. The maximum Gasteiger partial charge on any atom is 0.118 e. The topological polar surface area (TPSA) is 30.5 Å². The van der Waals surface area contributed by atoms with Crippen LogP contribution in [0.5, 0.6) is 5.75 Å². The molecule has 0 aliphatic carbocycles. The maximum atomic E-state index is 5.99. The van der Waals surface area contributed by atoms with E-state index in [-0.39, 0.29) is 6.10 Å². The fraction of sp³-hybridized carbons (Fsp3) is 0.625. The molecule has 0 amide bonds. The van der Waals surface area contributed by atoms with Gasteiger partial charge in [0.2, 0.25) is 0 Å². The summed E-state index contributed by atoms with van der Waals surface area (Å²) >= 11 is 0. The number of nitrogens with one attached hydrogen (secondary N) is 1. The first-order valence-corrected chi connectivity index (χ1v) is 7.07. The Morgan fingerprint density at radius 1 is 1.16 bits per heavy atom. The first-order valence-electron chi connectivity index (χ1n) is 7.07. The predicted octanol–water partition coefficient (Wildman–Crippen LogP) is 3.41. The van der Waals surface area contributed by atoms with E-state index < -0.39 is 0 Å². The van der Waals surface area contributed by atoms with Gasteiger partial charge in [0.05, 0.1) is 13.2 Å². The largest absolute Gasteiger partial charge is 0.497 e. The molecule has 19 heavy (non-hydrogen) atoms. The van der Waals surface area contributed by atoms with Gasteiger partial charge in [-0.05, 0) is 43.5 Å². The summed E-state index contributed by atoms with van der Waals surface area (Å²) in [5.41, 5.74) is 1.19. The quantitative estimate of drug-likeness (QED) is 0.694. The summed E-state index contributed by atoms with van der Waals surface area (Å²) in [7, 11) is 3.64. The minimum absolute atomic E-state index is 0.114. The third kappa shape index (κ3) is 6.08. The fourth-order valence-corrected chi connectivity index (χ4v) is 1.99. The molecule has 0 saturated carbocycles. The summed E-state index contributed by atoms with van der Waals surface area (Å²) in [6, 6.07) is 8.11. The highest BCUT2D eigenvalue weighted by atomic mass is 16.5. The van der Waals surface area contributed by atoms with Crippen LogP contribution in [0.25, 0.3) is 0 Å². The average molecular weight is 265 g/mol. The van der Waals surface area contributed by atoms with E-state index >= 15 is 0 Å². The molecule has 0 heterocycles. The highest BCUT2D eigenvalue weighted by Gasteiger charge is 2.11. The van der Waals surface area contributed by atoms with E-state index in [9.17, 15) is 0 Å². The van der Waals surface area contributed by atoms with Crippen molar-refractivity contribution in [3.8, 4) is 5.75 Å². The molecule has 1 rings (SSSR count). The Kier molecular flexibility index (Phi) is 7.53. The van der Waals surface area contributed by atoms with E-state index in [1.807, 2.05) is 19.2 Å². The van der Waals surface area contributed by atoms with Crippen molar-refractivity contribution in [1.29, 1.82) is 0 Å². The Bertz CT molecular complexity index is 335. The second-order valence-electron chi connectivity index (χ2n) is 5.23. The van der Waals surface area contributed by atoms with Crippen LogP contribution in [0.2, 0.25) is 0 Å². The third-order valence-electron chi connectivity index (χ3n) is 3.12. The van der Waals surface area contributed by atoms with Crippen molar-refractivity contribution in [2.75, 3.05) is 27.3 Å². The van der Waals surface area contributed by atoms with Crippen molar-refractivity contribution in [2.45, 2.75) is 32.8 Å². The molecule has 0 fully saturated rings. The van der Waals surface area contributed by atoms with Crippen molar-refractivity contribution in [3.63, 3.8) is 0 Å². The minimum Gasteiger partial charge on any atom is -0.497 e. The van der Waals surface area contributed by atoms with Crippen LogP contribution < -0.4 is 10.1 Å². The smallest absolute Gasteiger partial charge is 0.118 e.